The summed E-state index contributed by atoms with van der Waals surface area (Å²) in [5.41, 5.74) is 3.67. The van der Waals surface area contributed by atoms with Gasteiger partial charge in [-0.3, -0.25) is 4.79 Å². The van der Waals surface area contributed by atoms with E-state index in [1.54, 1.807) is 0 Å². The topological polar surface area (TPSA) is 30.0 Å². The molecule has 0 radical (unpaired) electrons. The third-order valence-corrected chi connectivity index (χ3v) is 3.94. The maximum atomic E-state index is 11.9. The van der Waals surface area contributed by atoms with E-state index >= 15 is 0 Å². The first-order valence-corrected chi connectivity index (χ1v) is 6.72. The standard InChI is InChI=1S/C15H14ClNO/c1-2-11-12(16)7-6-10-8-9-4-3-5-13(18)15(9)17-14(10)11/h6-8H,2-5H2,1H3. The minimum absolute atomic E-state index is 0.167. The Labute approximate surface area is 111 Å². The lowest BCUT2D eigenvalue weighted by Gasteiger charge is -2.16. The van der Waals surface area contributed by atoms with Crippen LogP contribution >= 0.6 is 11.6 Å². The predicted octanol–water partition coefficient (Wildman–Crippen LogP) is 3.97. The fourth-order valence-corrected chi connectivity index (χ4v) is 2.93. The zero-order valence-electron chi connectivity index (χ0n) is 10.3. The molecular formula is C15H14ClNO. The molecule has 0 saturated heterocycles. The fraction of sp³-hybridized carbons (Fsp3) is 0.333. The molecule has 1 aliphatic carbocycles. The Morgan fingerprint density at radius 3 is 2.94 bits per heavy atom. The van der Waals surface area contributed by atoms with Crippen molar-refractivity contribution in [3.63, 3.8) is 0 Å². The van der Waals surface area contributed by atoms with Gasteiger partial charge in [-0.05, 0) is 42.5 Å². The molecule has 0 saturated carbocycles. The maximum Gasteiger partial charge on any atom is 0.181 e. The number of hydrogen-bond acceptors (Lipinski definition) is 2. The van der Waals surface area contributed by atoms with E-state index in [2.05, 4.69) is 18.0 Å². The Bertz CT molecular complexity index is 648. The first-order valence-electron chi connectivity index (χ1n) is 6.35. The van der Waals surface area contributed by atoms with E-state index in [9.17, 15) is 4.79 Å². The second kappa shape index (κ2) is 4.36. The van der Waals surface area contributed by atoms with Crippen LogP contribution in [0.2, 0.25) is 5.02 Å². The van der Waals surface area contributed by atoms with E-state index in [4.69, 9.17) is 11.6 Å². The third kappa shape index (κ3) is 1.72. The highest BCUT2D eigenvalue weighted by Crippen LogP contribution is 2.29. The summed E-state index contributed by atoms with van der Waals surface area (Å²) in [6.45, 7) is 2.06. The summed E-state index contributed by atoms with van der Waals surface area (Å²) in [7, 11) is 0. The number of benzene rings is 1. The fourth-order valence-electron chi connectivity index (χ4n) is 2.64. The molecule has 1 aromatic heterocycles. The molecule has 92 valence electrons. The molecule has 0 unspecified atom stereocenters. The second-order valence-electron chi connectivity index (χ2n) is 4.72. The van der Waals surface area contributed by atoms with Crippen LogP contribution in [-0.2, 0) is 12.8 Å². The van der Waals surface area contributed by atoms with Gasteiger partial charge in [0.05, 0.1) is 5.52 Å². The highest BCUT2D eigenvalue weighted by atomic mass is 35.5. The quantitative estimate of drug-likeness (QED) is 0.776. The van der Waals surface area contributed by atoms with E-state index in [1.807, 2.05) is 12.1 Å². The van der Waals surface area contributed by atoms with Gasteiger partial charge in [0.2, 0.25) is 0 Å². The molecule has 0 N–H and O–H groups in total. The summed E-state index contributed by atoms with van der Waals surface area (Å²) < 4.78 is 0. The molecule has 3 rings (SSSR count). The first kappa shape index (κ1) is 11.7. The number of carbonyl (C=O) groups is 1. The van der Waals surface area contributed by atoms with Crippen molar-refractivity contribution in [1.82, 2.24) is 4.98 Å². The summed E-state index contributed by atoms with van der Waals surface area (Å²) in [5, 5.41) is 1.82. The molecule has 0 spiro atoms. The molecule has 1 aromatic carbocycles. The number of carbonyl (C=O) groups excluding carboxylic acids is 1. The van der Waals surface area contributed by atoms with Crippen molar-refractivity contribution in [3.8, 4) is 0 Å². The molecule has 3 heteroatoms. The summed E-state index contributed by atoms with van der Waals surface area (Å²) in [6.07, 6.45) is 3.34. The minimum Gasteiger partial charge on any atom is -0.292 e. The molecule has 2 nitrogen and oxygen atoms in total. The lowest BCUT2D eigenvalue weighted by molar-refractivity contribution is 0.0967. The van der Waals surface area contributed by atoms with Crippen LogP contribution in [0.25, 0.3) is 10.9 Å². The molecule has 0 atom stereocenters. The molecule has 0 bridgehead atoms. The van der Waals surface area contributed by atoms with Crippen molar-refractivity contribution in [1.29, 1.82) is 0 Å². The number of Topliss-reactive ketones (excluding diaryl/α,β-unsaturated/α-hetero) is 1. The molecule has 18 heavy (non-hydrogen) atoms. The Morgan fingerprint density at radius 1 is 1.33 bits per heavy atom. The number of fused-ring (bicyclic) bond motifs is 2. The molecule has 0 fully saturated rings. The van der Waals surface area contributed by atoms with Crippen LogP contribution in [0, 0.1) is 0 Å². The van der Waals surface area contributed by atoms with E-state index in [-0.39, 0.29) is 5.78 Å². The Balaban J connectivity index is 2.34. The van der Waals surface area contributed by atoms with Gasteiger partial charge in [0.15, 0.2) is 5.78 Å². The number of halogens is 1. The van der Waals surface area contributed by atoms with E-state index in [0.29, 0.717) is 12.1 Å². The van der Waals surface area contributed by atoms with Crippen LogP contribution in [0.3, 0.4) is 0 Å². The second-order valence-corrected chi connectivity index (χ2v) is 5.13. The monoisotopic (exact) mass is 259 g/mol. The summed E-state index contributed by atoms with van der Waals surface area (Å²) in [4.78, 5) is 16.5. The van der Waals surface area contributed by atoms with Gasteiger partial charge in [-0.2, -0.15) is 0 Å². The summed E-state index contributed by atoms with van der Waals surface area (Å²) in [6, 6.07) is 6.01. The lowest BCUT2D eigenvalue weighted by Crippen LogP contribution is -2.13. The largest absolute Gasteiger partial charge is 0.292 e. The number of aryl methyl sites for hydroxylation is 2. The van der Waals surface area contributed by atoms with Gasteiger partial charge in [-0.25, -0.2) is 4.98 Å². The van der Waals surface area contributed by atoms with Crippen LogP contribution in [0.5, 0.6) is 0 Å². The average Bonchev–Trinajstić information content (AvgIpc) is 2.38. The van der Waals surface area contributed by atoms with Gasteiger partial charge in [0.1, 0.15) is 5.69 Å². The zero-order valence-corrected chi connectivity index (χ0v) is 11.0. The SMILES string of the molecule is CCc1c(Cl)ccc2cc3c(nc12)C(=O)CCC3. The normalized spacial score (nSPS) is 14.9. The molecular weight excluding hydrogens is 246 g/mol. The smallest absolute Gasteiger partial charge is 0.181 e. The Hall–Kier alpha value is -1.41. The Morgan fingerprint density at radius 2 is 2.17 bits per heavy atom. The average molecular weight is 260 g/mol. The number of nitrogens with zero attached hydrogens (tertiary/aromatic N) is 1. The minimum atomic E-state index is 0.167. The van der Waals surface area contributed by atoms with Gasteiger partial charge in [-0.1, -0.05) is 24.6 Å². The number of pyridine rings is 1. The highest BCUT2D eigenvalue weighted by Gasteiger charge is 2.20. The van der Waals surface area contributed by atoms with Crippen molar-refractivity contribution >= 4 is 28.3 Å². The van der Waals surface area contributed by atoms with Gasteiger partial charge in [-0.15, -0.1) is 0 Å². The van der Waals surface area contributed by atoms with Crippen molar-refractivity contribution in [3.05, 3.63) is 40.0 Å². The van der Waals surface area contributed by atoms with E-state index in [1.165, 1.54) is 0 Å². The number of ketones is 1. The van der Waals surface area contributed by atoms with E-state index in [0.717, 1.165) is 46.3 Å². The Kier molecular flexibility index (Phi) is 2.83. The maximum absolute atomic E-state index is 11.9. The molecule has 0 amide bonds. The number of hydrogen-bond donors (Lipinski definition) is 0. The van der Waals surface area contributed by atoms with Crippen molar-refractivity contribution < 1.29 is 4.79 Å². The van der Waals surface area contributed by atoms with E-state index < -0.39 is 0 Å². The van der Waals surface area contributed by atoms with Crippen molar-refractivity contribution in [2.75, 3.05) is 0 Å². The van der Waals surface area contributed by atoms with Gasteiger partial charge in [0.25, 0.3) is 0 Å². The van der Waals surface area contributed by atoms with Crippen LogP contribution in [0.1, 0.15) is 41.4 Å². The van der Waals surface area contributed by atoms with Crippen molar-refractivity contribution in [2.45, 2.75) is 32.6 Å². The van der Waals surface area contributed by atoms with Crippen LogP contribution in [0.4, 0.5) is 0 Å². The number of aromatic nitrogens is 1. The molecule has 0 aliphatic heterocycles. The zero-order chi connectivity index (χ0) is 12.7. The van der Waals surface area contributed by atoms with Crippen molar-refractivity contribution in [2.24, 2.45) is 0 Å². The molecule has 1 aliphatic rings. The van der Waals surface area contributed by atoms with Gasteiger partial charge < -0.3 is 0 Å². The summed E-state index contributed by atoms with van der Waals surface area (Å²) >= 11 is 6.20. The van der Waals surface area contributed by atoms with Gasteiger partial charge in [0, 0.05) is 16.8 Å². The third-order valence-electron chi connectivity index (χ3n) is 3.58. The van der Waals surface area contributed by atoms with Crippen LogP contribution in [-0.4, -0.2) is 10.8 Å². The molecule has 2 aromatic rings. The van der Waals surface area contributed by atoms with Crippen LogP contribution in [0.15, 0.2) is 18.2 Å². The van der Waals surface area contributed by atoms with Gasteiger partial charge >= 0.3 is 0 Å². The molecule has 1 heterocycles. The summed E-state index contributed by atoms with van der Waals surface area (Å²) in [5.74, 6) is 0.167. The predicted molar refractivity (Wildman–Crippen MR) is 73.4 cm³/mol. The number of rotatable bonds is 1. The first-order chi connectivity index (χ1) is 8.70. The van der Waals surface area contributed by atoms with Crippen LogP contribution < -0.4 is 0 Å². The highest BCUT2D eigenvalue weighted by molar-refractivity contribution is 6.32. The lowest BCUT2D eigenvalue weighted by atomic mass is 9.93.